The minimum atomic E-state index is -3.94. The molecule has 4 N–H and O–H groups in total. The van der Waals surface area contributed by atoms with E-state index in [0.717, 1.165) is 36.5 Å². The zero-order chi connectivity index (χ0) is 24.6. The van der Waals surface area contributed by atoms with Crippen LogP contribution in [0.25, 0.3) is 21.3 Å². The fourth-order valence-electron chi connectivity index (χ4n) is 3.37. The monoisotopic (exact) mass is 504 g/mol. The van der Waals surface area contributed by atoms with Gasteiger partial charge in [0, 0.05) is 29.5 Å². The summed E-state index contributed by atoms with van der Waals surface area (Å²) in [5.41, 5.74) is 6.41. The van der Waals surface area contributed by atoms with E-state index in [2.05, 4.69) is 15.6 Å². The highest BCUT2D eigenvalue weighted by atomic mass is 32.2. The van der Waals surface area contributed by atoms with E-state index in [4.69, 9.17) is 5.73 Å². The summed E-state index contributed by atoms with van der Waals surface area (Å²) in [5, 5.41) is 3.39. The Morgan fingerprint density at radius 3 is 2.47 bits per heavy atom. The maximum atomic E-state index is 14.8. The number of fused-ring (bicyclic) bond motifs is 1. The molecule has 1 aliphatic carbocycles. The number of carbonyl (C=O) groups is 3. The molecule has 1 aromatic heterocycles. The lowest BCUT2D eigenvalue weighted by Gasteiger charge is -2.12. The van der Waals surface area contributed by atoms with Crippen molar-refractivity contribution in [2.24, 2.45) is 5.73 Å². The number of halogens is 1. The Labute approximate surface area is 198 Å². The third kappa shape index (κ3) is 5.23. The molecule has 1 unspecified atom stereocenters. The molecule has 3 aromatic rings. The van der Waals surface area contributed by atoms with Crippen LogP contribution in [0.2, 0.25) is 0 Å². The SMILES string of the molecule is CS(=O)(=O)C(C(=O)NCC(=O)NC1CC1)c1nc2cc(F)c(-c3ccc(C(N)=O)cc3)cc2s1. The van der Waals surface area contributed by atoms with Gasteiger partial charge in [-0.05, 0) is 36.6 Å². The first kappa shape index (κ1) is 23.8. The number of hydrogen-bond acceptors (Lipinski definition) is 7. The van der Waals surface area contributed by atoms with Crippen molar-refractivity contribution in [3.8, 4) is 11.1 Å². The summed E-state index contributed by atoms with van der Waals surface area (Å²) in [6.45, 7) is -0.355. The number of primary amides is 1. The van der Waals surface area contributed by atoms with E-state index in [-0.39, 0.29) is 34.2 Å². The lowest BCUT2D eigenvalue weighted by atomic mass is 10.0. The first-order chi connectivity index (χ1) is 16.0. The van der Waals surface area contributed by atoms with E-state index in [1.54, 1.807) is 12.1 Å². The molecule has 12 heteroatoms. The molecule has 1 aliphatic rings. The molecule has 1 atom stereocenters. The second kappa shape index (κ2) is 9.11. The van der Waals surface area contributed by atoms with Crippen molar-refractivity contribution < 1.29 is 27.2 Å². The van der Waals surface area contributed by atoms with Crippen molar-refractivity contribution in [2.75, 3.05) is 12.8 Å². The Kier molecular flexibility index (Phi) is 6.36. The number of amides is 3. The first-order valence-electron chi connectivity index (χ1n) is 10.3. The minimum Gasteiger partial charge on any atom is -0.366 e. The molecule has 0 bridgehead atoms. The predicted molar refractivity (Wildman–Crippen MR) is 125 cm³/mol. The lowest BCUT2D eigenvalue weighted by Crippen LogP contribution is -2.41. The number of aromatic nitrogens is 1. The van der Waals surface area contributed by atoms with Crippen LogP contribution in [-0.4, -0.2) is 50.0 Å². The molecule has 0 radical (unpaired) electrons. The van der Waals surface area contributed by atoms with Gasteiger partial charge in [-0.25, -0.2) is 17.8 Å². The third-order valence-electron chi connectivity index (χ3n) is 5.23. The smallest absolute Gasteiger partial charge is 0.248 e. The van der Waals surface area contributed by atoms with Crippen LogP contribution in [0, 0.1) is 5.82 Å². The van der Waals surface area contributed by atoms with Gasteiger partial charge in [0.05, 0.1) is 16.8 Å². The first-order valence-corrected chi connectivity index (χ1v) is 13.1. The van der Waals surface area contributed by atoms with E-state index in [1.807, 2.05) is 0 Å². The molecular weight excluding hydrogens is 483 g/mol. The second-order valence-corrected chi connectivity index (χ2v) is 11.3. The van der Waals surface area contributed by atoms with Gasteiger partial charge in [0.1, 0.15) is 10.8 Å². The van der Waals surface area contributed by atoms with Gasteiger partial charge in [0.25, 0.3) is 0 Å². The Morgan fingerprint density at radius 1 is 1.21 bits per heavy atom. The summed E-state index contributed by atoms with van der Waals surface area (Å²) in [4.78, 5) is 40.0. The highest BCUT2D eigenvalue weighted by Crippen LogP contribution is 2.35. The van der Waals surface area contributed by atoms with Crippen LogP contribution >= 0.6 is 11.3 Å². The van der Waals surface area contributed by atoms with Gasteiger partial charge < -0.3 is 16.4 Å². The van der Waals surface area contributed by atoms with Gasteiger partial charge in [0.2, 0.25) is 17.7 Å². The highest BCUT2D eigenvalue weighted by molar-refractivity contribution is 7.91. The van der Waals surface area contributed by atoms with Crippen molar-refractivity contribution in [1.29, 1.82) is 0 Å². The quantitative estimate of drug-likeness (QED) is 0.425. The van der Waals surface area contributed by atoms with Gasteiger partial charge >= 0.3 is 0 Å². The van der Waals surface area contributed by atoms with Crippen molar-refractivity contribution in [3.63, 3.8) is 0 Å². The molecule has 0 aliphatic heterocycles. The summed E-state index contributed by atoms with van der Waals surface area (Å²) in [5.74, 6) is -2.49. The largest absolute Gasteiger partial charge is 0.366 e. The van der Waals surface area contributed by atoms with E-state index >= 15 is 0 Å². The molecule has 1 fully saturated rings. The van der Waals surface area contributed by atoms with E-state index in [1.165, 1.54) is 18.2 Å². The number of thiazole rings is 1. The number of nitrogens with two attached hydrogens (primary N) is 1. The number of sulfone groups is 1. The van der Waals surface area contributed by atoms with Gasteiger partial charge in [0.15, 0.2) is 15.1 Å². The Hall–Kier alpha value is -3.38. The van der Waals surface area contributed by atoms with Crippen LogP contribution in [0.1, 0.15) is 33.5 Å². The van der Waals surface area contributed by atoms with Crippen molar-refractivity contribution in [3.05, 3.63) is 52.8 Å². The van der Waals surface area contributed by atoms with E-state index < -0.39 is 38.6 Å². The van der Waals surface area contributed by atoms with E-state index in [0.29, 0.717) is 10.3 Å². The molecule has 1 heterocycles. The molecule has 178 valence electrons. The topological polar surface area (TPSA) is 148 Å². The third-order valence-corrected chi connectivity index (χ3v) is 7.76. The van der Waals surface area contributed by atoms with Gasteiger partial charge in [-0.3, -0.25) is 14.4 Å². The number of benzene rings is 2. The van der Waals surface area contributed by atoms with Crippen molar-refractivity contribution in [2.45, 2.75) is 24.1 Å². The van der Waals surface area contributed by atoms with Crippen LogP contribution < -0.4 is 16.4 Å². The van der Waals surface area contributed by atoms with Crippen LogP contribution in [0.3, 0.4) is 0 Å². The number of nitrogens with one attached hydrogen (secondary N) is 2. The molecule has 2 aromatic carbocycles. The molecule has 3 amide bonds. The average molecular weight is 505 g/mol. The zero-order valence-corrected chi connectivity index (χ0v) is 19.6. The predicted octanol–water partition coefficient (Wildman–Crippen LogP) is 1.68. The number of hydrogen-bond donors (Lipinski definition) is 3. The maximum absolute atomic E-state index is 14.8. The summed E-state index contributed by atoms with van der Waals surface area (Å²) >= 11 is 0.949. The van der Waals surface area contributed by atoms with Gasteiger partial charge in [-0.15, -0.1) is 11.3 Å². The van der Waals surface area contributed by atoms with Crippen LogP contribution in [0.15, 0.2) is 36.4 Å². The lowest BCUT2D eigenvalue weighted by molar-refractivity contribution is -0.126. The summed E-state index contributed by atoms with van der Waals surface area (Å²) in [7, 11) is -3.94. The Balaban J connectivity index is 1.62. The van der Waals surface area contributed by atoms with E-state index in [9.17, 15) is 27.2 Å². The molecule has 9 nitrogen and oxygen atoms in total. The number of nitrogens with zero attached hydrogens (tertiary/aromatic N) is 1. The fraction of sp³-hybridized carbons (Fsp3) is 0.273. The standard InChI is InChI=1S/C22H21FN4O5S2/c1-34(31,32)19(21(30)25-10-18(28)26-13-6-7-13)22-27-16-9-15(23)14(8-17(16)33-22)11-2-4-12(5-3-11)20(24)29/h2-5,8-9,13,19H,6-7,10H2,1H3,(H2,24,29)(H,25,30)(H,26,28). The fourth-order valence-corrected chi connectivity index (χ4v) is 5.90. The van der Waals surface area contributed by atoms with Crippen LogP contribution in [-0.2, 0) is 19.4 Å². The normalized spacial score (nSPS) is 14.5. The number of carbonyl (C=O) groups excluding carboxylic acids is 3. The Morgan fingerprint density at radius 2 is 1.88 bits per heavy atom. The second-order valence-electron chi connectivity index (χ2n) is 8.06. The molecule has 0 spiro atoms. The average Bonchev–Trinajstić information content (AvgIpc) is 3.48. The van der Waals surface area contributed by atoms with Gasteiger partial charge in [-0.2, -0.15) is 0 Å². The molecule has 4 rings (SSSR count). The van der Waals surface area contributed by atoms with Gasteiger partial charge in [-0.1, -0.05) is 12.1 Å². The minimum absolute atomic E-state index is 0.0294. The maximum Gasteiger partial charge on any atom is 0.248 e. The van der Waals surface area contributed by atoms with Crippen LogP contribution in [0.4, 0.5) is 4.39 Å². The summed E-state index contributed by atoms with van der Waals surface area (Å²) in [6, 6.07) is 8.82. The molecular formula is C22H21FN4O5S2. The summed E-state index contributed by atoms with van der Waals surface area (Å²) < 4.78 is 40.1. The number of rotatable bonds is 8. The summed E-state index contributed by atoms with van der Waals surface area (Å²) in [6.07, 6.45) is 2.66. The molecule has 34 heavy (non-hydrogen) atoms. The molecule has 0 saturated heterocycles. The molecule has 1 saturated carbocycles. The Bertz CT molecular complexity index is 1400. The highest BCUT2D eigenvalue weighted by Gasteiger charge is 2.34. The zero-order valence-electron chi connectivity index (χ0n) is 18.0. The van der Waals surface area contributed by atoms with Crippen molar-refractivity contribution in [1.82, 2.24) is 15.6 Å². The van der Waals surface area contributed by atoms with Crippen molar-refractivity contribution >= 4 is 49.1 Å². The van der Waals surface area contributed by atoms with Crippen LogP contribution in [0.5, 0.6) is 0 Å².